The van der Waals surface area contributed by atoms with Crippen molar-refractivity contribution in [2.75, 3.05) is 6.61 Å². The van der Waals surface area contributed by atoms with E-state index < -0.39 is 0 Å². The van der Waals surface area contributed by atoms with E-state index in [0.29, 0.717) is 36.4 Å². The Bertz CT molecular complexity index is 1540. The maximum atomic E-state index is 13.9. The molecule has 0 saturated carbocycles. The van der Waals surface area contributed by atoms with Gasteiger partial charge in [0.15, 0.2) is 5.84 Å². The van der Waals surface area contributed by atoms with Crippen LogP contribution in [-0.4, -0.2) is 33.6 Å². The molecule has 0 unspecified atom stereocenters. The van der Waals surface area contributed by atoms with Crippen LogP contribution in [0.4, 0.5) is 0 Å². The second-order valence-corrected chi connectivity index (χ2v) is 9.39. The van der Waals surface area contributed by atoms with Crippen LogP contribution >= 0.6 is 0 Å². The molecule has 2 N–H and O–H groups in total. The molecule has 0 fully saturated rings. The summed E-state index contributed by atoms with van der Waals surface area (Å²) < 4.78 is 7.23. The number of nitrogens with one attached hydrogen (secondary N) is 1. The predicted octanol–water partition coefficient (Wildman–Crippen LogP) is 5.42. The number of carbonyl (C=O) groups is 1. The van der Waals surface area contributed by atoms with Crippen molar-refractivity contribution in [3.8, 4) is 22.6 Å². The molecule has 206 valence electrons. The van der Waals surface area contributed by atoms with Gasteiger partial charge in [-0.05, 0) is 67.6 Å². The quantitative estimate of drug-likeness (QED) is 0.0872. The van der Waals surface area contributed by atoms with Crippen LogP contribution in [-0.2, 0) is 17.6 Å². The van der Waals surface area contributed by atoms with Crippen LogP contribution in [0, 0.1) is 6.92 Å². The summed E-state index contributed by atoms with van der Waals surface area (Å²) in [7, 11) is 0. The van der Waals surface area contributed by atoms with Crippen molar-refractivity contribution >= 4 is 12.2 Å². The largest absolute Gasteiger partial charge is 0.494 e. The summed E-state index contributed by atoms with van der Waals surface area (Å²) in [6.07, 6.45) is 3.62. The first kappa shape index (κ1) is 28.3. The average Bonchev–Trinajstić information content (AvgIpc) is 2.98. The molecule has 8 nitrogen and oxygen atoms in total. The second kappa shape index (κ2) is 13.4. The molecular weight excluding hydrogens is 504 g/mol. The molecule has 4 rings (SSSR count). The molecule has 0 aliphatic carbocycles. The van der Waals surface area contributed by atoms with E-state index in [1.807, 2.05) is 80.6 Å². The summed E-state index contributed by atoms with van der Waals surface area (Å²) in [6.45, 7) is 6.51. The van der Waals surface area contributed by atoms with Gasteiger partial charge in [0.05, 0.1) is 18.0 Å². The van der Waals surface area contributed by atoms with E-state index >= 15 is 0 Å². The lowest BCUT2D eigenvalue weighted by atomic mass is 9.96. The molecule has 8 heteroatoms. The fourth-order valence-electron chi connectivity index (χ4n) is 4.77. The first-order chi connectivity index (χ1) is 19.5. The number of amides is 1. The number of unbranched alkanes of at least 4 members (excludes halogenated alkanes) is 1. The standard InChI is InChI=1S/C32H34N4O4/c1-4-6-11-30-29(32(38)36(22(3)34-30)25-16-18-26(19-17-25)40-5-2)20-23-12-14-24(15-13-23)27-9-7-8-10-28(27)31(35-39)33-21-37/h7-10,12-19,21,39H,4-6,11,20H2,1-3H3,(H,33,35,37). The van der Waals surface area contributed by atoms with Crippen molar-refractivity contribution in [3.63, 3.8) is 0 Å². The molecule has 0 aliphatic rings. The number of ether oxygens (including phenoxy) is 1. The Morgan fingerprint density at radius 3 is 2.42 bits per heavy atom. The number of rotatable bonds is 11. The molecule has 1 amide bonds. The lowest BCUT2D eigenvalue weighted by Gasteiger charge is -2.16. The zero-order valence-electron chi connectivity index (χ0n) is 23.1. The zero-order chi connectivity index (χ0) is 28.5. The van der Waals surface area contributed by atoms with Gasteiger partial charge in [-0.3, -0.25) is 14.2 Å². The lowest BCUT2D eigenvalue weighted by molar-refractivity contribution is -0.108. The maximum absolute atomic E-state index is 13.9. The highest BCUT2D eigenvalue weighted by Crippen LogP contribution is 2.25. The Balaban J connectivity index is 1.71. The monoisotopic (exact) mass is 538 g/mol. The summed E-state index contributed by atoms with van der Waals surface area (Å²) in [5.41, 5.74) is 5.45. The molecular formula is C32H34N4O4. The minimum Gasteiger partial charge on any atom is -0.494 e. The van der Waals surface area contributed by atoms with Gasteiger partial charge in [-0.15, -0.1) is 0 Å². The van der Waals surface area contributed by atoms with Crippen molar-refractivity contribution in [2.24, 2.45) is 5.16 Å². The van der Waals surface area contributed by atoms with Crippen LogP contribution in [0.1, 0.15) is 54.9 Å². The molecule has 4 aromatic rings. The molecule has 0 atom stereocenters. The molecule has 0 saturated heterocycles. The topological polar surface area (TPSA) is 106 Å². The Morgan fingerprint density at radius 1 is 1.05 bits per heavy atom. The van der Waals surface area contributed by atoms with E-state index in [2.05, 4.69) is 17.4 Å². The number of benzene rings is 3. The number of aryl methyl sites for hydroxylation is 2. The minimum absolute atomic E-state index is 0.0656. The average molecular weight is 539 g/mol. The second-order valence-electron chi connectivity index (χ2n) is 9.39. The predicted molar refractivity (Wildman–Crippen MR) is 157 cm³/mol. The van der Waals surface area contributed by atoms with Crippen LogP contribution in [0.2, 0.25) is 0 Å². The Morgan fingerprint density at radius 2 is 1.77 bits per heavy atom. The van der Waals surface area contributed by atoms with E-state index in [4.69, 9.17) is 9.72 Å². The zero-order valence-corrected chi connectivity index (χ0v) is 23.1. The number of aromatic nitrogens is 2. The molecule has 1 heterocycles. The van der Waals surface area contributed by atoms with Gasteiger partial charge in [0.25, 0.3) is 5.56 Å². The van der Waals surface area contributed by atoms with E-state index in [0.717, 1.165) is 53.1 Å². The third-order valence-electron chi connectivity index (χ3n) is 6.73. The minimum atomic E-state index is -0.0686. The van der Waals surface area contributed by atoms with Gasteiger partial charge in [0, 0.05) is 17.5 Å². The van der Waals surface area contributed by atoms with Crippen molar-refractivity contribution in [1.29, 1.82) is 0 Å². The molecule has 0 spiro atoms. The maximum Gasteiger partial charge on any atom is 0.261 e. The SMILES string of the molecule is CCCCc1nc(C)n(-c2ccc(OCC)cc2)c(=O)c1Cc1ccc(-c2ccccc2/C(=N/O)NC=O)cc1. The van der Waals surface area contributed by atoms with Crippen molar-refractivity contribution < 1.29 is 14.7 Å². The molecule has 0 aliphatic heterocycles. The fraction of sp³-hybridized carbons (Fsp3) is 0.250. The van der Waals surface area contributed by atoms with E-state index in [9.17, 15) is 14.8 Å². The summed E-state index contributed by atoms with van der Waals surface area (Å²) in [5, 5.41) is 15.1. The van der Waals surface area contributed by atoms with Crippen molar-refractivity contribution in [2.45, 2.75) is 46.5 Å². The number of amidine groups is 1. The third kappa shape index (κ3) is 6.29. The van der Waals surface area contributed by atoms with Crippen LogP contribution in [0.3, 0.4) is 0 Å². The summed E-state index contributed by atoms with van der Waals surface area (Å²) >= 11 is 0. The first-order valence-electron chi connectivity index (χ1n) is 13.5. The highest BCUT2D eigenvalue weighted by Gasteiger charge is 2.17. The van der Waals surface area contributed by atoms with Crippen molar-refractivity contribution in [3.05, 3.63) is 111 Å². The molecule has 3 aromatic carbocycles. The number of oxime groups is 1. The summed E-state index contributed by atoms with van der Waals surface area (Å²) in [4.78, 5) is 29.8. The van der Waals surface area contributed by atoms with Crippen LogP contribution in [0.15, 0.2) is 82.7 Å². The molecule has 0 radical (unpaired) electrons. The van der Waals surface area contributed by atoms with Gasteiger partial charge in [-0.2, -0.15) is 0 Å². The molecule has 0 bridgehead atoms. The Labute approximate surface area is 234 Å². The van der Waals surface area contributed by atoms with E-state index in [1.54, 1.807) is 10.6 Å². The first-order valence-corrected chi connectivity index (χ1v) is 13.5. The summed E-state index contributed by atoms with van der Waals surface area (Å²) in [5.74, 6) is 1.47. The fourth-order valence-corrected chi connectivity index (χ4v) is 4.77. The molecule has 1 aromatic heterocycles. The van der Waals surface area contributed by atoms with E-state index in [-0.39, 0.29) is 11.4 Å². The van der Waals surface area contributed by atoms with Gasteiger partial charge in [-0.25, -0.2) is 4.98 Å². The third-order valence-corrected chi connectivity index (χ3v) is 6.73. The Hall–Kier alpha value is -4.72. The van der Waals surface area contributed by atoms with Gasteiger partial charge in [0.2, 0.25) is 6.41 Å². The highest BCUT2D eigenvalue weighted by atomic mass is 16.5. The van der Waals surface area contributed by atoms with Gasteiger partial charge < -0.3 is 15.3 Å². The van der Waals surface area contributed by atoms with Crippen molar-refractivity contribution in [1.82, 2.24) is 14.9 Å². The summed E-state index contributed by atoms with van der Waals surface area (Å²) in [6, 6.07) is 22.7. The van der Waals surface area contributed by atoms with Crippen LogP contribution in [0.5, 0.6) is 5.75 Å². The lowest BCUT2D eigenvalue weighted by Crippen LogP contribution is -2.28. The number of nitrogens with zero attached hydrogens (tertiary/aromatic N) is 3. The highest BCUT2D eigenvalue weighted by molar-refractivity contribution is 6.08. The van der Waals surface area contributed by atoms with Crippen LogP contribution < -0.4 is 15.6 Å². The van der Waals surface area contributed by atoms with Gasteiger partial charge in [-0.1, -0.05) is 67.0 Å². The van der Waals surface area contributed by atoms with Gasteiger partial charge in [0.1, 0.15) is 11.6 Å². The van der Waals surface area contributed by atoms with Crippen LogP contribution in [0.25, 0.3) is 16.8 Å². The van der Waals surface area contributed by atoms with Gasteiger partial charge >= 0.3 is 0 Å². The molecule has 40 heavy (non-hydrogen) atoms. The normalized spacial score (nSPS) is 11.3. The number of carbonyl (C=O) groups excluding carboxylic acids is 1. The smallest absolute Gasteiger partial charge is 0.261 e. The Kier molecular flexibility index (Phi) is 9.46. The van der Waals surface area contributed by atoms with E-state index in [1.165, 1.54) is 0 Å². The number of hydrogen-bond acceptors (Lipinski definition) is 6. The number of hydrogen-bond donors (Lipinski definition) is 2.